The molecule has 0 unspecified atom stereocenters. The molecule has 0 atom stereocenters. The fourth-order valence-corrected chi connectivity index (χ4v) is 2.11. The van der Waals surface area contributed by atoms with Gasteiger partial charge in [0.05, 0.1) is 5.69 Å². The monoisotopic (exact) mass is 249 g/mol. The predicted molar refractivity (Wildman–Crippen MR) is 68.8 cm³/mol. The molecule has 1 N–H and O–H groups in total. The Morgan fingerprint density at radius 2 is 1.94 bits per heavy atom. The number of hydrogen-bond donors (Lipinski definition) is 1. The summed E-state index contributed by atoms with van der Waals surface area (Å²) >= 11 is 1.63. The van der Waals surface area contributed by atoms with Gasteiger partial charge in [-0.25, -0.2) is 9.67 Å². The SMILES string of the molecule is CCSc1nc(CC)n(-c2ccc(O)cc2)n1. The van der Waals surface area contributed by atoms with Crippen LogP contribution in [0.2, 0.25) is 0 Å². The van der Waals surface area contributed by atoms with Crippen molar-refractivity contribution in [2.75, 3.05) is 5.75 Å². The number of aryl methyl sites for hydroxylation is 1. The molecular formula is C12H15N3OS. The van der Waals surface area contributed by atoms with E-state index < -0.39 is 0 Å². The first-order chi connectivity index (χ1) is 8.24. The normalized spacial score (nSPS) is 10.7. The summed E-state index contributed by atoms with van der Waals surface area (Å²) in [5.74, 6) is 2.16. The Morgan fingerprint density at radius 1 is 1.24 bits per heavy atom. The zero-order valence-electron chi connectivity index (χ0n) is 9.92. The minimum absolute atomic E-state index is 0.259. The van der Waals surface area contributed by atoms with Gasteiger partial charge in [0.15, 0.2) is 0 Å². The molecule has 0 spiro atoms. The van der Waals surface area contributed by atoms with Crippen LogP contribution in [0.4, 0.5) is 0 Å². The van der Waals surface area contributed by atoms with Crippen LogP contribution in [-0.2, 0) is 6.42 Å². The summed E-state index contributed by atoms with van der Waals surface area (Å²) in [6.45, 7) is 4.14. The molecule has 90 valence electrons. The van der Waals surface area contributed by atoms with E-state index in [2.05, 4.69) is 23.9 Å². The Labute approximate surface area is 105 Å². The molecule has 0 aliphatic rings. The molecule has 0 aliphatic carbocycles. The van der Waals surface area contributed by atoms with Gasteiger partial charge in [-0.15, -0.1) is 5.10 Å². The van der Waals surface area contributed by atoms with Gasteiger partial charge in [0.1, 0.15) is 11.6 Å². The van der Waals surface area contributed by atoms with Crippen LogP contribution in [0.1, 0.15) is 19.7 Å². The van der Waals surface area contributed by atoms with E-state index in [9.17, 15) is 5.11 Å². The fraction of sp³-hybridized carbons (Fsp3) is 0.333. The van der Waals surface area contributed by atoms with Gasteiger partial charge in [-0.3, -0.25) is 0 Å². The number of aromatic hydroxyl groups is 1. The molecule has 1 aromatic carbocycles. The van der Waals surface area contributed by atoms with Gasteiger partial charge in [0, 0.05) is 6.42 Å². The van der Waals surface area contributed by atoms with Crippen molar-refractivity contribution in [3.63, 3.8) is 0 Å². The van der Waals surface area contributed by atoms with Crippen molar-refractivity contribution >= 4 is 11.8 Å². The number of phenolic OH excluding ortho intramolecular Hbond substituents is 1. The first-order valence-corrected chi connectivity index (χ1v) is 6.61. The highest BCUT2D eigenvalue weighted by atomic mass is 32.2. The summed E-state index contributed by atoms with van der Waals surface area (Å²) in [7, 11) is 0. The van der Waals surface area contributed by atoms with Gasteiger partial charge >= 0.3 is 0 Å². The van der Waals surface area contributed by atoms with Crippen molar-refractivity contribution in [1.29, 1.82) is 0 Å². The summed E-state index contributed by atoms with van der Waals surface area (Å²) in [5.41, 5.74) is 0.926. The second kappa shape index (κ2) is 5.23. The van der Waals surface area contributed by atoms with Crippen LogP contribution in [0.3, 0.4) is 0 Å². The Morgan fingerprint density at radius 3 is 2.53 bits per heavy atom. The van der Waals surface area contributed by atoms with Crippen LogP contribution >= 0.6 is 11.8 Å². The van der Waals surface area contributed by atoms with Crippen molar-refractivity contribution in [3.8, 4) is 11.4 Å². The van der Waals surface area contributed by atoms with E-state index in [1.54, 1.807) is 23.9 Å². The lowest BCUT2D eigenvalue weighted by molar-refractivity contribution is 0.475. The molecule has 2 rings (SSSR count). The van der Waals surface area contributed by atoms with Gasteiger partial charge < -0.3 is 5.11 Å². The zero-order chi connectivity index (χ0) is 12.3. The van der Waals surface area contributed by atoms with E-state index in [-0.39, 0.29) is 5.75 Å². The van der Waals surface area contributed by atoms with Crippen LogP contribution in [0, 0.1) is 0 Å². The fourth-order valence-electron chi connectivity index (χ4n) is 1.54. The topological polar surface area (TPSA) is 50.9 Å². The number of phenols is 1. The second-order valence-corrected chi connectivity index (χ2v) is 4.76. The van der Waals surface area contributed by atoms with Crippen LogP contribution < -0.4 is 0 Å². The van der Waals surface area contributed by atoms with Crippen LogP contribution in [0.25, 0.3) is 5.69 Å². The van der Waals surface area contributed by atoms with Crippen molar-refractivity contribution in [3.05, 3.63) is 30.1 Å². The highest BCUT2D eigenvalue weighted by Crippen LogP contribution is 2.19. The van der Waals surface area contributed by atoms with E-state index in [0.29, 0.717) is 0 Å². The maximum atomic E-state index is 9.27. The van der Waals surface area contributed by atoms with Crippen molar-refractivity contribution in [1.82, 2.24) is 14.8 Å². The van der Waals surface area contributed by atoms with E-state index in [0.717, 1.165) is 28.8 Å². The molecule has 0 aliphatic heterocycles. The Kier molecular flexibility index (Phi) is 3.68. The van der Waals surface area contributed by atoms with Gasteiger partial charge in [0.25, 0.3) is 0 Å². The minimum Gasteiger partial charge on any atom is -0.508 e. The standard InChI is InChI=1S/C12H15N3OS/c1-3-11-13-12(17-4-2)14-15(11)9-5-7-10(16)8-6-9/h5-8,16H,3-4H2,1-2H3. The van der Waals surface area contributed by atoms with E-state index >= 15 is 0 Å². The number of hydrogen-bond acceptors (Lipinski definition) is 4. The molecule has 4 nitrogen and oxygen atoms in total. The Balaban J connectivity index is 2.39. The highest BCUT2D eigenvalue weighted by molar-refractivity contribution is 7.99. The lowest BCUT2D eigenvalue weighted by Gasteiger charge is -2.03. The summed E-state index contributed by atoms with van der Waals surface area (Å²) in [4.78, 5) is 4.47. The van der Waals surface area contributed by atoms with E-state index in [4.69, 9.17) is 0 Å². The van der Waals surface area contributed by atoms with Gasteiger partial charge in [0.2, 0.25) is 5.16 Å². The number of rotatable bonds is 4. The van der Waals surface area contributed by atoms with Crippen LogP contribution in [-0.4, -0.2) is 25.6 Å². The minimum atomic E-state index is 0.259. The lowest BCUT2D eigenvalue weighted by Crippen LogP contribution is -2.01. The summed E-state index contributed by atoms with van der Waals surface area (Å²) in [6, 6.07) is 6.99. The summed E-state index contributed by atoms with van der Waals surface area (Å²) < 4.78 is 1.83. The summed E-state index contributed by atoms with van der Waals surface area (Å²) in [5, 5.41) is 14.5. The third-order valence-electron chi connectivity index (χ3n) is 2.34. The van der Waals surface area contributed by atoms with Crippen molar-refractivity contribution in [2.24, 2.45) is 0 Å². The molecule has 0 saturated carbocycles. The molecule has 0 amide bonds. The number of benzene rings is 1. The second-order valence-electron chi connectivity index (χ2n) is 3.53. The highest BCUT2D eigenvalue weighted by Gasteiger charge is 2.09. The quantitative estimate of drug-likeness (QED) is 0.846. The molecule has 0 fully saturated rings. The third-order valence-corrected chi connectivity index (χ3v) is 3.06. The number of nitrogens with zero attached hydrogens (tertiary/aromatic N) is 3. The van der Waals surface area contributed by atoms with E-state index in [1.807, 2.05) is 16.8 Å². The molecule has 0 bridgehead atoms. The molecular weight excluding hydrogens is 234 g/mol. The average Bonchev–Trinajstić information content (AvgIpc) is 2.74. The smallest absolute Gasteiger partial charge is 0.209 e. The molecule has 5 heteroatoms. The van der Waals surface area contributed by atoms with E-state index in [1.165, 1.54) is 0 Å². The van der Waals surface area contributed by atoms with Crippen LogP contribution in [0.15, 0.2) is 29.4 Å². The molecule has 17 heavy (non-hydrogen) atoms. The largest absolute Gasteiger partial charge is 0.508 e. The first kappa shape index (κ1) is 12.0. The molecule has 1 aromatic heterocycles. The zero-order valence-corrected chi connectivity index (χ0v) is 10.7. The van der Waals surface area contributed by atoms with Gasteiger partial charge in [-0.2, -0.15) is 0 Å². The summed E-state index contributed by atoms with van der Waals surface area (Å²) in [6.07, 6.45) is 0.831. The van der Waals surface area contributed by atoms with Gasteiger partial charge in [-0.05, 0) is 30.0 Å². The number of thioether (sulfide) groups is 1. The Bertz CT molecular complexity index is 493. The van der Waals surface area contributed by atoms with Gasteiger partial charge in [-0.1, -0.05) is 25.6 Å². The average molecular weight is 249 g/mol. The number of aromatic nitrogens is 3. The molecule has 1 heterocycles. The van der Waals surface area contributed by atoms with Crippen molar-refractivity contribution in [2.45, 2.75) is 25.4 Å². The molecule has 2 aromatic rings. The van der Waals surface area contributed by atoms with Crippen LogP contribution in [0.5, 0.6) is 5.75 Å². The Hall–Kier alpha value is -1.49. The maximum Gasteiger partial charge on any atom is 0.209 e. The lowest BCUT2D eigenvalue weighted by atomic mass is 10.3. The van der Waals surface area contributed by atoms with Crippen molar-refractivity contribution < 1.29 is 5.11 Å². The molecule has 0 radical (unpaired) electrons. The maximum absolute atomic E-state index is 9.27. The first-order valence-electron chi connectivity index (χ1n) is 5.62. The predicted octanol–water partition coefficient (Wildman–Crippen LogP) is 2.65. The molecule has 0 saturated heterocycles. The third kappa shape index (κ3) is 2.61.